The predicted octanol–water partition coefficient (Wildman–Crippen LogP) is 4.00. The Balaban J connectivity index is 1.69. The zero-order chi connectivity index (χ0) is 19.9. The fourth-order valence-electron chi connectivity index (χ4n) is 4.14. The van der Waals surface area contributed by atoms with E-state index >= 15 is 0 Å². The van der Waals surface area contributed by atoms with Gasteiger partial charge in [0.25, 0.3) is 0 Å². The van der Waals surface area contributed by atoms with E-state index in [1.165, 1.54) is 12.1 Å². The molecule has 0 saturated heterocycles. The third-order valence-electron chi connectivity index (χ3n) is 5.60. The number of aliphatic carboxylic acids is 1. The standard InChI is InChI=1S/C22H21FN2O3/c1-22(21(28)24-15-6-4-5-14(23)11-15)10-9-19-17(12-22)16-7-2-3-8-18(16)25(19)13-20(26)27/h2-8,11H,9-10,12-13H2,1H3,(H,24,28)(H,26,27). The molecule has 3 aromatic rings. The number of halogens is 1. The summed E-state index contributed by atoms with van der Waals surface area (Å²) in [6.45, 7) is 1.82. The predicted molar refractivity (Wildman–Crippen MR) is 105 cm³/mol. The normalized spacial score (nSPS) is 18.6. The van der Waals surface area contributed by atoms with Crippen LogP contribution >= 0.6 is 0 Å². The number of hydrogen-bond donors (Lipinski definition) is 2. The van der Waals surface area contributed by atoms with Gasteiger partial charge >= 0.3 is 5.97 Å². The minimum Gasteiger partial charge on any atom is -0.480 e. The second kappa shape index (κ2) is 6.78. The number of carbonyl (C=O) groups is 2. The van der Waals surface area contributed by atoms with Gasteiger partial charge in [-0.1, -0.05) is 31.2 Å². The maximum Gasteiger partial charge on any atom is 0.323 e. The van der Waals surface area contributed by atoms with Gasteiger partial charge in [-0.2, -0.15) is 0 Å². The Labute approximate surface area is 161 Å². The number of fused-ring (bicyclic) bond motifs is 3. The van der Waals surface area contributed by atoms with E-state index in [4.69, 9.17) is 0 Å². The van der Waals surface area contributed by atoms with Crippen molar-refractivity contribution in [3.63, 3.8) is 0 Å². The highest BCUT2D eigenvalue weighted by atomic mass is 19.1. The Morgan fingerprint density at radius 3 is 2.75 bits per heavy atom. The number of aromatic nitrogens is 1. The van der Waals surface area contributed by atoms with Gasteiger partial charge in [0, 0.05) is 22.3 Å². The van der Waals surface area contributed by atoms with Crippen LogP contribution in [0.25, 0.3) is 10.9 Å². The zero-order valence-corrected chi connectivity index (χ0v) is 15.5. The van der Waals surface area contributed by atoms with Crippen molar-refractivity contribution in [2.45, 2.75) is 32.7 Å². The van der Waals surface area contributed by atoms with Gasteiger partial charge in [0.1, 0.15) is 12.4 Å². The van der Waals surface area contributed by atoms with E-state index in [0.29, 0.717) is 24.9 Å². The Morgan fingerprint density at radius 1 is 1.21 bits per heavy atom. The van der Waals surface area contributed by atoms with Crippen molar-refractivity contribution in [3.05, 3.63) is 65.6 Å². The topological polar surface area (TPSA) is 71.3 Å². The molecule has 0 saturated carbocycles. The number of amides is 1. The third kappa shape index (κ3) is 3.15. The van der Waals surface area contributed by atoms with E-state index in [0.717, 1.165) is 22.2 Å². The first-order chi connectivity index (χ1) is 13.4. The molecule has 1 aromatic heterocycles. The first-order valence-electron chi connectivity index (χ1n) is 9.25. The SMILES string of the molecule is CC1(C(=O)Nc2cccc(F)c2)CCc2c(c3ccccc3n2CC(=O)O)C1. The van der Waals surface area contributed by atoms with Crippen molar-refractivity contribution >= 4 is 28.5 Å². The summed E-state index contributed by atoms with van der Waals surface area (Å²) in [5.41, 5.74) is 2.67. The van der Waals surface area contributed by atoms with Gasteiger partial charge in [-0.05, 0) is 49.1 Å². The molecule has 0 spiro atoms. The average Bonchev–Trinajstić information content (AvgIpc) is 2.94. The van der Waals surface area contributed by atoms with Gasteiger partial charge in [-0.15, -0.1) is 0 Å². The number of carboxylic acid groups (broad SMARTS) is 1. The summed E-state index contributed by atoms with van der Waals surface area (Å²) in [7, 11) is 0. The van der Waals surface area contributed by atoms with Crippen LogP contribution in [0.3, 0.4) is 0 Å². The fourth-order valence-corrected chi connectivity index (χ4v) is 4.14. The van der Waals surface area contributed by atoms with E-state index in [-0.39, 0.29) is 12.5 Å². The molecule has 1 amide bonds. The van der Waals surface area contributed by atoms with Crippen molar-refractivity contribution in [3.8, 4) is 0 Å². The number of rotatable bonds is 4. The van der Waals surface area contributed by atoms with Crippen LogP contribution in [0, 0.1) is 11.2 Å². The summed E-state index contributed by atoms with van der Waals surface area (Å²) in [5, 5.41) is 13.1. The van der Waals surface area contributed by atoms with Crippen molar-refractivity contribution in [1.82, 2.24) is 4.57 Å². The molecule has 144 valence electrons. The summed E-state index contributed by atoms with van der Waals surface area (Å²) < 4.78 is 15.3. The van der Waals surface area contributed by atoms with Gasteiger partial charge in [0.15, 0.2) is 0 Å². The smallest absolute Gasteiger partial charge is 0.323 e. The van der Waals surface area contributed by atoms with Crippen molar-refractivity contribution in [1.29, 1.82) is 0 Å². The average molecular weight is 380 g/mol. The number of nitrogens with zero attached hydrogens (tertiary/aromatic N) is 1. The molecular weight excluding hydrogens is 359 g/mol. The molecule has 1 unspecified atom stereocenters. The Morgan fingerprint density at radius 2 is 2.00 bits per heavy atom. The van der Waals surface area contributed by atoms with Gasteiger partial charge in [0.2, 0.25) is 5.91 Å². The molecule has 2 aromatic carbocycles. The van der Waals surface area contributed by atoms with Crippen LogP contribution in [-0.4, -0.2) is 21.6 Å². The molecule has 6 heteroatoms. The minimum absolute atomic E-state index is 0.0952. The Hall–Kier alpha value is -3.15. The number of hydrogen-bond acceptors (Lipinski definition) is 2. The van der Waals surface area contributed by atoms with Crippen LogP contribution in [0.2, 0.25) is 0 Å². The van der Waals surface area contributed by atoms with E-state index in [9.17, 15) is 19.1 Å². The highest BCUT2D eigenvalue weighted by molar-refractivity contribution is 5.96. The van der Waals surface area contributed by atoms with Crippen LogP contribution in [-0.2, 0) is 29.0 Å². The van der Waals surface area contributed by atoms with Gasteiger partial charge in [0.05, 0.1) is 5.41 Å². The van der Waals surface area contributed by atoms with E-state index in [1.807, 2.05) is 35.8 Å². The largest absolute Gasteiger partial charge is 0.480 e. The number of anilines is 1. The molecule has 4 rings (SSSR count). The monoisotopic (exact) mass is 380 g/mol. The van der Waals surface area contributed by atoms with Gasteiger partial charge in [-0.25, -0.2) is 4.39 Å². The molecule has 2 N–H and O–H groups in total. The van der Waals surface area contributed by atoms with E-state index in [2.05, 4.69) is 5.32 Å². The Bertz CT molecular complexity index is 1090. The molecule has 1 heterocycles. The number of benzene rings is 2. The molecule has 5 nitrogen and oxygen atoms in total. The minimum atomic E-state index is -0.888. The first-order valence-corrected chi connectivity index (χ1v) is 9.25. The number of nitrogens with one attached hydrogen (secondary N) is 1. The second-order valence-electron chi connectivity index (χ2n) is 7.62. The van der Waals surface area contributed by atoms with Gasteiger partial charge in [-0.3, -0.25) is 9.59 Å². The third-order valence-corrected chi connectivity index (χ3v) is 5.60. The van der Waals surface area contributed by atoms with E-state index in [1.54, 1.807) is 12.1 Å². The lowest BCUT2D eigenvalue weighted by atomic mass is 9.73. The summed E-state index contributed by atoms with van der Waals surface area (Å²) in [6, 6.07) is 13.6. The lowest BCUT2D eigenvalue weighted by Crippen LogP contribution is -2.38. The number of carbonyl (C=O) groups excluding carboxylic acids is 1. The van der Waals surface area contributed by atoms with Crippen LogP contribution < -0.4 is 5.32 Å². The quantitative estimate of drug-likeness (QED) is 0.719. The van der Waals surface area contributed by atoms with Crippen LogP contribution in [0.5, 0.6) is 0 Å². The lowest BCUT2D eigenvalue weighted by molar-refractivity contribution is -0.137. The molecule has 1 atom stereocenters. The maximum absolute atomic E-state index is 13.4. The van der Waals surface area contributed by atoms with Crippen LogP contribution in [0.15, 0.2) is 48.5 Å². The van der Waals surface area contributed by atoms with Crippen molar-refractivity contribution < 1.29 is 19.1 Å². The fraction of sp³-hybridized carbons (Fsp3) is 0.273. The van der Waals surface area contributed by atoms with E-state index < -0.39 is 17.2 Å². The van der Waals surface area contributed by atoms with Gasteiger partial charge < -0.3 is 15.0 Å². The molecule has 0 radical (unpaired) electrons. The van der Waals surface area contributed by atoms with Crippen molar-refractivity contribution in [2.75, 3.05) is 5.32 Å². The summed E-state index contributed by atoms with van der Waals surface area (Å²) >= 11 is 0. The van der Waals surface area contributed by atoms with Crippen molar-refractivity contribution in [2.24, 2.45) is 5.41 Å². The molecule has 1 aliphatic rings. The van der Waals surface area contributed by atoms with Crippen LogP contribution in [0.1, 0.15) is 24.6 Å². The molecule has 0 fully saturated rings. The summed E-state index contributed by atoms with van der Waals surface area (Å²) in [6.07, 6.45) is 1.72. The highest BCUT2D eigenvalue weighted by Gasteiger charge is 2.39. The highest BCUT2D eigenvalue weighted by Crippen LogP contribution is 2.41. The molecule has 0 bridgehead atoms. The lowest BCUT2D eigenvalue weighted by Gasteiger charge is -2.33. The number of para-hydroxylation sites is 1. The molecular formula is C22H21FN2O3. The summed E-state index contributed by atoms with van der Waals surface area (Å²) in [5.74, 6) is -1.44. The zero-order valence-electron chi connectivity index (χ0n) is 15.5. The maximum atomic E-state index is 13.4. The van der Waals surface area contributed by atoms with Crippen LogP contribution in [0.4, 0.5) is 10.1 Å². The first kappa shape index (κ1) is 18.2. The molecule has 1 aliphatic carbocycles. The molecule has 28 heavy (non-hydrogen) atoms. The number of carboxylic acids is 1. The summed E-state index contributed by atoms with van der Waals surface area (Å²) in [4.78, 5) is 24.3. The second-order valence-corrected chi connectivity index (χ2v) is 7.62. The Kier molecular flexibility index (Phi) is 4.41. The molecule has 0 aliphatic heterocycles.